The molecule has 2 aromatic carbocycles. The summed E-state index contributed by atoms with van der Waals surface area (Å²) in [6.45, 7) is 3.49. The molecule has 0 spiro atoms. The molecule has 124 valence electrons. The predicted molar refractivity (Wildman–Crippen MR) is 91.1 cm³/mol. The number of carbonyl (C=O) groups excluding carboxylic acids is 1. The third-order valence-electron chi connectivity index (χ3n) is 5.09. The van der Waals surface area contributed by atoms with E-state index >= 15 is 0 Å². The fourth-order valence-electron chi connectivity index (χ4n) is 3.97. The largest absolute Gasteiger partial charge is 0.481 e. The predicted octanol–water partition coefficient (Wildman–Crippen LogP) is 3.92. The van der Waals surface area contributed by atoms with Crippen molar-refractivity contribution in [2.45, 2.75) is 24.9 Å². The SMILES string of the molecule is CCOC(=O)N1CC[C@@]2(c3ccccc3)Oc3ccccc3[C@H]2C1. The Morgan fingerprint density at radius 3 is 2.75 bits per heavy atom. The van der Waals surface area contributed by atoms with Crippen LogP contribution in [-0.4, -0.2) is 30.7 Å². The Kier molecular flexibility index (Phi) is 3.68. The molecule has 1 amide bonds. The highest BCUT2D eigenvalue weighted by Crippen LogP contribution is 2.54. The van der Waals surface area contributed by atoms with Crippen LogP contribution in [0.15, 0.2) is 54.6 Å². The van der Waals surface area contributed by atoms with E-state index in [0.29, 0.717) is 19.7 Å². The van der Waals surface area contributed by atoms with Gasteiger partial charge in [-0.1, -0.05) is 48.5 Å². The summed E-state index contributed by atoms with van der Waals surface area (Å²) in [4.78, 5) is 14.0. The number of hydrogen-bond acceptors (Lipinski definition) is 3. The lowest BCUT2D eigenvalue weighted by atomic mass is 9.74. The van der Waals surface area contributed by atoms with E-state index in [9.17, 15) is 4.79 Å². The molecule has 0 saturated carbocycles. The zero-order chi connectivity index (χ0) is 16.6. The molecule has 4 nitrogen and oxygen atoms in total. The van der Waals surface area contributed by atoms with Crippen LogP contribution in [0.3, 0.4) is 0 Å². The van der Waals surface area contributed by atoms with Crippen LogP contribution in [0.1, 0.15) is 30.4 Å². The molecule has 2 heterocycles. The van der Waals surface area contributed by atoms with Gasteiger partial charge in [0.15, 0.2) is 0 Å². The Balaban J connectivity index is 1.74. The third kappa shape index (κ3) is 2.25. The van der Waals surface area contributed by atoms with Crippen LogP contribution >= 0.6 is 0 Å². The van der Waals surface area contributed by atoms with Crippen LogP contribution in [-0.2, 0) is 10.3 Å². The number of hydrogen-bond donors (Lipinski definition) is 0. The number of benzene rings is 2. The standard InChI is InChI=1S/C20H21NO3/c1-2-23-19(22)21-13-12-20(15-8-4-3-5-9-15)17(14-21)16-10-6-7-11-18(16)24-20/h3-11,17H,2,12-14H2,1H3/t17-,20+/m1/s1. The zero-order valence-electron chi connectivity index (χ0n) is 13.8. The molecule has 2 aliphatic heterocycles. The minimum atomic E-state index is -0.395. The first kappa shape index (κ1) is 15.1. The average molecular weight is 323 g/mol. The molecule has 0 bridgehead atoms. The summed E-state index contributed by atoms with van der Waals surface area (Å²) >= 11 is 0. The van der Waals surface area contributed by atoms with Gasteiger partial charge >= 0.3 is 6.09 Å². The molecular weight excluding hydrogens is 302 g/mol. The topological polar surface area (TPSA) is 38.8 Å². The number of fused-ring (bicyclic) bond motifs is 3. The smallest absolute Gasteiger partial charge is 0.409 e. The van der Waals surface area contributed by atoms with Crippen LogP contribution in [0.2, 0.25) is 0 Å². The lowest BCUT2D eigenvalue weighted by Gasteiger charge is -2.43. The fourth-order valence-corrected chi connectivity index (χ4v) is 3.97. The molecule has 2 aliphatic rings. The molecule has 2 aromatic rings. The molecule has 1 fully saturated rings. The van der Waals surface area contributed by atoms with Gasteiger partial charge in [-0.2, -0.15) is 0 Å². The third-order valence-corrected chi connectivity index (χ3v) is 5.09. The van der Waals surface area contributed by atoms with Crippen LogP contribution in [0.5, 0.6) is 5.75 Å². The summed E-state index contributed by atoms with van der Waals surface area (Å²) in [6, 6.07) is 18.5. The van der Waals surface area contributed by atoms with Crippen LogP contribution in [0.4, 0.5) is 4.79 Å². The van der Waals surface area contributed by atoms with E-state index in [0.717, 1.165) is 12.2 Å². The summed E-state index contributed by atoms with van der Waals surface area (Å²) in [7, 11) is 0. The van der Waals surface area contributed by atoms with E-state index in [2.05, 4.69) is 18.2 Å². The molecule has 4 rings (SSSR count). The summed E-state index contributed by atoms with van der Waals surface area (Å²) in [5.41, 5.74) is 1.96. The molecule has 0 unspecified atom stereocenters. The first-order valence-electron chi connectivity index (χ1n) is 8.50. The van der Waals surface area contributed by atoms with Crippen molar-refractivity contribution in [1.29, 1.82) is 0 Å². The Morgan fingerprint density at radius 1 is 1.21 bits per heavy atom. The van der Waals surface area contributed by atoms with Gasteiger partial charge < -0.3 is 14.4 Å². The maximum absolute atomic E-state index is 12.2. The monoisotopic (exact) mass is 323 g/mol. The highest BCUT2D eigenvalue weighted by atomic mass is 16.6. The highest BCUT2D eigenvalue weighted by molar-refractivity contribution is 5.68. The number of carbonyl (C=O) groups is 1. The number of nitrogens with zero attached hydrogens (tertiary/aromatic N) is 1. The van der Waals surface area contributed by atoms with Gasteiger partial charge in [-0.25, -0.2) is 4.79 Å². The number of piperidine rings is 1. The van der Waals surface area contributed by atoms with E-state index in [1.165, 1.54) is 11.1 Å². The van der Waals surface area contributed by atoms with Crippen LogP contribution in [0, 0.1) is 0 Å². The van der Waals surface area contributed by atoms with Crippen molar-refractivity contribution < 1.29 is 14.3 Å². The second kappa shape index (κ2) is 5.86. The quantitative estimate of drug-likeness (QED) is 0.841. The minimum Gasteiger partial charge on any atom is -0.481 e. The maximum Gasteiger partial charge on any atom is 0.409 e. The first-order valence-corrected chi connectivity index (χ1v) is 8.50. The minimum absolute atomic E-state index is 0.120. The molecule has 24 heavy (non-hydrogen) atoms. The lowest BCUT2D eigenvalue weighted by molar-refractivity contribution is -0.000977. The van der Waals surface area contributed by atoms with Crippen molar-refractivity contribution in [1.82, 2.24) is 4.90 Å². The lowest BCUT2D eigenvalue weighted by Crippen LogP contribution is -2.50. The Morgan fingerprint density at radius 2 is 1.96 bits per heavy atom. The van der Waals surface area contributed by atoms with E-state index in [4.69, 9.17) is 9.47 Å². The summed E-state index contributed by atoms with van der Waals surface area (Å²) in [5.74, 6) is 1.05. The summed E-state index contributed by atoms with van der Waals surface area (Å²) in [5, 5.41) is 0. The van der Waals surface area contributed by atoms with Gasteiger partial charge in [0.05, 0.1) is 6.61 Å². The second-order valence-corrected chi connectivity index (χ2v) is 6.34. The Bertz CT molecular complexity index is 746. The van der Waals surface area contributed by atoms with Gasteiger partial charge in [0.1, 0.15) is 11.4 Å². The van der Waals surface area contributed by atoms with Gasteiger partial charge in [0, 0.05) is 31.0 Å². The summed E-state index contributed by atoms with van der Waals surface area (Å²) < 4.78 is 11.7. The number of rotatable bonds is 2. The highest BCUT2D eigenvalue weighted by Gasteiger charge is 2.53. The zero-order valence-corrected chi connectivity index (χ0v) is 13.8. The van der Waals surface area contributed by atoms with Crippen molar-refractivity contribution in [2.24, 2.45) is 0 Å². The van der Waals surface area contributed by atoms with Gasteiger partial charge in [0.2, 0.25) is 0 Å². The van der Waals surface area contributed by atoms with Crippen LogP contribution < -0.4 is 4.74 Å². The number of likely N-dealkylation sites (tertiary alicyclic amines) is 1. The van der Waals surface area contributed by atoms with Crippen molar-refractivity contribution in [3.8, 4) is 5.75 Å². The normalized spacial score (nSPS) is 24.7. The Hall–Kier alpha value is -2.49. The number of para-hydroxylation sites is 1. The van der Waals surface area contributed by atoms with Gasteiger partial charge in [-0.3, -0.25) is 0 Å². The van der Waals surface area contributed by atoms with Gasteiger partial charge in [-0.15, -0.1) is 0 Å². The average Bonchev–Trinajstić information content (AvgIpc) is 2.97. The molecule has 0 radical (unpaired) electrons. The fraction of sp³-hybridized carbons (Fsp3) is 0.350. The van der Waals surface area contributed by atoms with Crippen LogP contribution in [0.25, 0.3) is 0 Å². The molecule has 1 saturated heterocycles. The molecular formula is C20H21NO3. The molecule has 2 atom stereocenters. The summed E-state index contributed by atoms with van der Waals surface area (Å²) in [6.07, 6.45) is 0.526. The molecule has 0 aromatic heterocycles. The van der Waals surface area contributed by atoms with Gasteiger partial charge in [0.25, 0.3) is 0 Å². The van der Waals surface area contributed by atoms with E-state index < -0.39 is 5.60 Å². The van der Waals surface area contributed by atoms with Crippen molar-refractivity contribution in [3.63, 3.8) is 0 Å². The van der Waals surface area contributed by atoms with E-state index in [1.54, 1.807) is 4.90 Å². The number of ether oxygens (including phenoxy) is 2. The molecule has 0 aliphatic carbocycles. The number of amides is 1. The second-order valence-electron chi connectivity index (χ2n) is 6.34. The van der Waals surface area contributed by atoms with E-state index in [-0.39, 0.29) is 12.0 Å². The van der Waals surface area contributed by atoms with E-state index in [1.807, 2.05) is 43.3 Å². The van der Waals surface area contributed by atoms with Gasteiger partial charge in [-0.05, 0) is 18.6 Å². The van der Waals surface area contributed by atoms with Crippen molar-refractivity contribution in [2.75, 3.05) is 19.7 Å². The Labute approximate surface area is 142 Å². The molecule has 4 heteroatoms. The van der Waals surface area contributed by atoms with Crippen molar-refractivity contribution in [3.05, 3.63) is 65.7 Å². The molecule has 0 N–H and O–H groups in total. The van der Waals surface area contributed by atoms with Crippen molar-refractivity contribution >= 4 is 6.09 Å². The maximum atomic E-state index is 12.2. The first-order chi connectivity index (χ1) is 11.7.